The Morgan fingerprint density at radius 2 is 1.75 bits per heavy atom. The van der Waals surface area contributed by atoms with Gasteiger partial charge < -0.3 is 14.6 Å². The maximum atomic E-state index is 10.9. The number of hydrogen-bond donors (Lipinski definition) is 1. The van der Waals surface area contributed by atoms with Gasteiger partial charge in [-0.3, -0.25) is 14.4 Å². The first-order chi connectivity index (χ1) is 12.9. The summed E-state index contributed by atoms with van der Waals surface area (Å²) >= 11 is 0. The maximum Gasteiger partial charge on any atom is 0.303 e. The molecular formula is C22H34O6. The smallest absolute Gasteiger partial charge is 0.303 e. The molecule has 2 unspecified atom stereocenters. The Morgan fingerprint density at radius 1 is 1.18 bits per heavy atom. The summed E-state index contributed by atoms with van der Waals surface area (Å²) in [5.41, 5.74) is -1.34. The van der Waals surface area contributed by atoms with Gasteiger partial charge >= 0.3 is 11.9 Å². The van der Waals surface area contributed by atoms with Crippen LogP contribution in [-0.4, -0.2) is 40.6 Å². The zero-order valence-electron chi connectivity index (χ0n) is 17.9. The van der Waals surface area contributed by atoms with E-state index in [4.69, 9.17) is 9.47 Å². The number of carbonyl (C=O) groups is 3. The minimum absolute atomic E-state index is 0.159. The molecule has 0 amide bonds. The van der Waals surface area contributed by atoms with Crippen molar-refractivity contribution in [2.24, 2.45) is 11.8 Å². The summed E-state index contributed by atoms with van der Waals surface area (Å²) in [4.78, 5) is 32.3. The van der Waals surface area contributed by atoms with Gasteiger partial charge in [0.25, 0.3) is 0 Å². The third-order valence-corrected chi connectivity index (χ3v) is 5.38. The Balaban J connectivity index is 0.000000280. The first kappa shape index (κ1) is 24.1. The van der Waals surface area contributed by atoms with E-state index in [9.17, 15) is 19.5 Å². The lowest BCUT2D eigenvalue weighted by molar-refractivity contribution is -0.160. The summed E-state index contributed by atoms with van der Waals surface area (Å²) in [6, 6.07) is 0. The number of aldehydes is 1. The van der Waals surface area contributed by atoms with E-state index in [1.165, 1.54) is 58.6 Å². The average Bonchev–Trinajstić information content (AvgIpc) is 2.56. The molecule has 0 saturated heterocycles. The summed E-state index contributed by atoms with van der Waals surface area (Å²) < 4.78 is 10.2. The van der Waals surface area contributed by atoms with E-state index in [2.05, 4.69) is 6.92 Å². The number of rotatable bonds is 4. The largest absolute Gasteiger partial charge is 0.460 e. The second kappa shape index (κ2) is 10.0. The highest BCUT2D eigenvalue weighted by Gasteiger charge is 2.37. The minimum Gasteiger partial charge on any atom is -0.460 e. The van der Waals surface area contributed by atoms with Crippen LogP contribution in [-0.2, 0) is 23.9 Å². The molecule has 1 saturated carbocycles. The first-order valence-corrected chi connectivity index (χ1v) is 9.82. The zero-order valence-corrected chi connectivity index (χ0v) is 17.9. The Hall–Kier alpha value is -1.95. The average molecular weight is 395 g/mol. The highest BCUT2D eigenvalue weighted by molar-refractivity contribution is 5.78. The third kappa shape index (κ3) is 7.23. The quantitative estimate of drug-likeness (QED) is 0.580. The van der Waals surface area contributed by atoms with E-state index in [1.54, 1.807) is 6.08 Å². The van der Waals surface area contributed by atoms with Crippen LogP contribution in [0.4, 0.5) is 0 Å². The highest BCUT2D eigenvalue weighted by atomic mass is 16.6. The van der Waals surface area contributed by atoms with Crippen molar-refractivity contribution >= 4 is 18.2 Å². The van der Waals surface area contributed by atoms with Crippen LogP contribution < -0.4 is 0 Å². The SMILES string of the molecule is CC(=O)OC(C)(C)C1CCC(C)CC1.CC(=O)OC1C(C=O)=CC=CC1(C)O. The van der Waals surface area contributed by atoms with Crippen LogP contribution in [0.25, 0.3) is 0 Å². The van der Waals surface area contributed by atoms with Gasteiger partial charge in [-0.05, 0) is 51.5 Å². The monoisotopic (exact) mass is 394 g/mol. The molecule has 6 heteroatoms. The van der Waals surface area contributed by atoms with Gasteiger partial charge in [-0.25, -0.2) is 0 Å². The molecule has 1 fully saturated rings. The van der Waals surface area contributed by atoms with Crippen LogP contribution in [0, 0.1) is 11.8 Å². The van der Waals surface area contributed by atoms with Crippen LogP contribution in [0.3, 0.4) is 0 Å². The molecule has 0 radical (unpaired) electrons. The summed E-state index contributed by atoms with van der Waals surface area (Å²) in [5, 5.41) is 9.82. The number of allylic oxidation sites excluding steroid dienone is 2. The maximum absolute atomic E-state index is 10.9. The van der Waals surface area contributed by atoms with Crippen molar-refractivity contribution < 1.29 is 29.0 Å². The van der Waals surface area contributed by atoms with E-state index in [0.717, 1.165) is 5.92 Å². The normalized spacial score (nSPS) is 29.7. The van der Waals surface area contributed by atoms with Crippen LogP contribution >= 0.6 is 0 Å². The van der Waals surface area contributed by atoms with Gasteiger partial charge in [0.2, 0.25) is 0 Å². The van der Waals surface area contributed by atoms with Crippen LogP contribution in [0.15, 0.2) is 23.8 Å². The molecule has 0 aromatic rings. The standard InChI is InChI=1S/C12H22O2.C10H12O4/c1-9-5-7-11(8-6-9)12(3,4)14-10(2)13;1-7(12)14-9-8(6-11)4-3-5-10(9,2)13/h9,11H,5-8H2,1-4H3;3-6,9,13H,1-2H3. The summed E-state index contributed by atoms with van der Waals surface area (Å²) in [5.74, 6) is 0.703. The molecule has 0 bridgehead atoms. The molecular weight excluding hydrogens is 360 g/mol. The molecule has 28 heavy (non-hydrogen) atoms. The highest BCUT2D eigenvalue weighted by Crippen LogP contribution is 2.37. The molecule has 158 valence electrons. The van der Waals surface area contributed by atoms with Crippen LogP contribution in [0.1, 0.15) is 67.2 Å². The van der Waals surface area contributed by atoms with Gasteiger partial charge in [-0.15, -0.1) is 0 Å². The summed E-state index contributed by atoms with van der Waals surface area (Å²) in [7, 11) is 0. The molecule has 0 heterocycles. The Labute approximate surface area is 168 Å². The Morgan fingerprint density at radius 3 is 2.21 bits per heavy atom. The van der Waals surface area contributed by atoms with E-state index < -0.39 is 17.7 Å². The number of hydrogen-bond acceptors (Lipinski definition) is 6. The second-order valence-corrected chi connectivity index (χ2v) is 8.51. The number of ether oxygens (including phenoxy) is 2. The van der Waals surface area contributed by atoms with Crippen molar-refractivity contribution in [3.63, 3.8) is 0 Å². The lowest BCUT2D eigenvalue weighted by Crippen LogP contribution is -2.43. The van der Waals surface area contributed by atoms with Crippen LogP contribution in [0.5, 0.6) is 0 Å². The molecule has 0 spiro atoms. The fourth-order valence-corrected chi connectivity index (χ4v) is 3.73. The molecule has 0 aromatic heterocycles. The van der Waals surface area contributed by atoms with Crippen molar-refractivity contribution in [1.82, 2.24) is 0 Å². The minimum atomic E-state index is -1.32. The zero-order chi connectivity index (χ0) is 21.5. The molecule has 6 nitrogen and oxygen atoms in total. The molecule has 2 aliphatic carbocycles. The molecule has 2 atom stereocenters. The van der Waals surface area contributed by atoms with Crippen molar-refractivity contribution in [1.29, 1.82) is 0 Å². The summed E-state index contributed by atoms with van der Waals surface area (Å²) in [6.45, 7) is 10.6. The molecule has 0 aromatic carbocycles. The topological polar surface area (TPSA) is 89.9 Å². The van der Waals surface area contributed by atoms with Gasteiger partial charge in [0, 0.05) is 19.4 Å². The first-order valence-electron chi connectivity index (χ1n) is 9.82. The van der Waals surface area contributed by atoms with Gasteiger partial charge in [0.1, 0.15) is 17.5 Å². The molecule has 2 rings (SSSR count). The van der Waals surface area contributed by atoms with Crippen LogP contribution in [0.2, 0.25) is 0 Å². The van der Waals surface area contributed by atoms with E-state index >= 15 is 0 Å². The van der Waals surface area contributed by atoms with Crippen molar-refractivity contribution in [3.8, 4) is 0 Å². The Kier molecular flexibility index (Phi) is 8.61. The van der Waals surface area contributed by atoms with Gasteiger partial charge in [0.15, 0.2) is 6.10 Å². The lowest BCUT2D eigenvalue weighted by atomic mass is 9.75. The Bertz CT molecular complexity index is 621. The predicted molar refractivity (Wildman–Crippen MR) is 106 cm³/mol. The molecule has 2 aliphatic rings. The van der Waals surface area contributed by atoms with Crippen molar-refractivity contribution in [3.05, 3.63) is 23.8 Å². The lowest BCUT2D eigenvalue weighted by Gasteiger charge is -2.37. The van der Waals surface area contributed by atoms with E-state index in [-0.39, 0.29) is 17.1 Å². The van der Waals surface area contributed by atoms with Crippen molar-refractivity contribution in [2.75, 3.05) is 0 Å². The number of carbonyl (C=O) groups excluding carboxylic acids is 3. The van der Waals surface area contributed by atoms with E-state index in [0.29, 0.717) is 12.2 Å². The predicted octanol–water partition coefficient (Wildman–Crippen LogP) is 3.52. The molecule has 1 N–H and O–H groups in total. The fraction of sp³-hybridized carbons (Fsp3) is 0.682. The molecule has 0 aliphatic heterocycles. The van der Waals surface area contributed by atoms with Gasteiger partial charge in [-0.1, -0.05) is 31.9 Å². The van der Waals surface area contributed by atoms with Gasteiger partial charge in [0.05, 0.1) is 0 Å². The summed E-state index contributed by atoms with van der Waals surface area (Å²) in [6.07, 6.45) is 9.15. The second-order valence-electron chi connectivity index (χ2n) is 8.51. The van der Waals surface area contributed by atoms with E-state index in [1.807, 2.05) is 13.8 Å². The number of esters is 2. The van der Waals surface area contributed by atoms with Crippen molar-refractivity contribution in [2.45, 2.75) is 84.5 Å². The van der Waals surface area contributed by atoms with Gasteiger partial charge in [-0.2, -0.15) is 0 Å². The number of aliphatic hydroxyl groups is 1. The fourth-order valence-electron chi connectivity index (χ4n) is 3.73. The third-order valence-electron chi connectivity index (χ3n) is 5.38.